The molecule has 19 heavy (non-hydrogen) atoms. The Kier molecular flexibility index (Phi) is 2.52. The van der Waals surface area contributed by atoms with Crippen molar-refractivity contribution in [3.8, 4) is 11.6 Å². The molecule has 6 nitrogen and oxygen atoms in total. The van der Waals surface area contributed by atoms with Crippen LogP contribution in [0.3, 0.4) is 0 Å². The lowest BCUT2D eigenvalue weighted by atomic mass is 10.2. The molecule has 0 aliphatic rings. The fourth-order valence-electron chi connectivity index (χ4n) is 1.67. The van der Waals surface area contributed by atoms with E-state index in [4.69, 9.17) is 10.5 Å². The summed E-state index contributed by atoms with van der Waals surface area (Å²) >= 11 is 0. The third kappa shape index (κ3) is 1.95. The van der Waals surface area contributed by atoms with E-state index < -0.39 is 5.82 Å². The summed E-state index contributed by atoms with van der Waals surface area (Å²) in [5.74, 6) is -0.277. The van der Waals surface area contributed by atoms with E-state index in [-0.39, 0.29) is 11.6 Å². The van der Waals surface area contributed by atoms with Gasteiger partial charge in [0.15, 0.2) is 17.2 Å². The quantitative estimate of drug-likeness (QED) is 0.688. The number of hydrogen-bond acceptors (Lipinski definition) is 5. The molecule has 0 aliphatic heterocycles. The number of H-pyrrole nitrogens is 1. The van der Waals surface area contributed by atoms with Gasteiger partial charge in [0.1, 0.15) is 11.8 Å². The van der Waals surface area contributed by atoms with E-state index in [0.717, 1.165) is 5.56 Å². The number of ether oxygens (including phenoxy) is 1. The SMILES string of the molecule is Cc1cc(Oc2ncnc3nc[nH]c23)c(F)cc1N. The Balaban J connectivity index is 2.06. The first kappa shape index (κ1) is 11.4. The molecule has 3 N–H and O–H groups in total. The number of aryl methyl sites for hydroxylation is 1. The third-order valence-corrected chi connectivity index (χ3v) is 2.72. The highest BCUT2D eigenvalue weighted by atomic mass is 19.1. The molecule has 0 aliphatic carbocycles. The zero-order valence-electron chi connectivity index (χ0n) is 10.0. The molecule has 3 aromatic rings. The molecule has 0 radical (unpaired) electrons. The van der Waals surface area contributed by atoms with Gasteiger partial charge in [-0.3, -0.25) is 0 Å². The smallest absolute Gasteiger partial charge is 0.248 e. The Morgan fingerprint density at radius 2 is 2.11 bits per heavy atom. The molecular formula is C12H10FN5O. The maximum absolute atomic E-state index is 13.8. The minimum Gasteiger partial charge on any atom is -0.434 e. The molecule has 0 saturated heterocycles. The second-order valence-electron chi connectivity index (χ2n) is 4.02. The number of aromatic nitrogens is 4. The average molecular weight is 259 g/mol. The van der Waals surface area contributed by atoms with Crippen molar-refractivity contribution in [2.45, 2.75) is 6.92 Å². The third-order valence-electron chi connectivity index (χ3n) is 2.72. The summed E-state index contributed by atoms with van der Waals surface area (Å²) in [5, 5.41) is 0. The van der Waals surface area contributed by atoms with Gasteiger partial charge in [0.2, 0.25) is 5.88 Å². The van der Waals surface area contributed by atoms with Crippen LogP contribution >= 0.6 is 0 Å². The van der Waals surface area contributed by atoms with Crippen molar-refractivity contribution in [2.75, 3.05) is 5.73 Å². The van der Waals surface area contributed by atoms with Crippen LogP contribution in [-0.4, -0.2) is 19.9 Å². The standard InChI is InChI=1S/C12H10FN5O/c1-6-2-9(7(13)3-8(6)14)19-12-10-11(16-4-15-10)17-5-18-12/h2-5H,14H2,1H3,(H,15,16,17,18). The highest BCUT2D eigenvalue weighted by Gasteiger charge is 2.12. The predicted molar refractivity (Wildman–Crippen MR) is 67.3 cm³/mol. The molecule has 0 unspecified atom stereocenters. The lowest BCUT2D eigenvalue weighted by molar-refractivity contribution is 0.430. The molecule has 0 bridgehead atoms. The molecule has 2 heterocycles. The molecule has 0 atom stereocenters. The molecule has 0 spiro atoms. The predicted octanol–water partition coefficient (Wildman–Crippen LogP) is 2.17. The van der Waals surface area contributed by atoms with E-state index in [0.29, 0.717) is 16.9 Å². The fourth-order valence-corrected chi connectivity index (χ4v) is 1.67. The fraction of sp³-hybridized carbons (Fsp3) is 0.0833. The molecule has 0 amide bonds. The highest BCUT2D eigenvalue weighted by Crippen LogP contribution is 2.29. The Bertz CT molecular complexity index is 755. The van der Waals surface area contributed by atoms with E-state index in [1.54, 1.807) is 6.92 Å². The number of aromatic amines is 1. The Labute approximate surface area is 107 Å². The van der Waals surface area contributed by atoms with Crippen LogP contribution in [0.5, 0.6) is 11.6 Å². The van der Waals surface area contributed by atoms with Crippen LogP contribution in [0.25, 0.3) is 11.2 Å². The number of benzene rings is 1. The van der Waals surface area contributed by atoms with Gasteiger partial charge >= 0.3 is 0 Å². The van der Waals surface area contributed by atoms with E-state index in [1.807, 2.05) is 0 Å². The maximum atomic E-state index is 13.8. The number of anilines is 1. The number of nitrogens with two attached hydrogens (primary N) is 1. The number of imidazole rings is 1. The van der Waals surface area contributed by atoms with E-state index in [1.165, 1.54) is 24.8 Å². The summed E-state index contributed by atoms with van der Waals surface area (Å²) in [6.45, 7) is 1.77. The van der Waals surface area contributed by atoms with Crippen LogP contribution in [0.15, 0.2) is 24.8 Å². The number of nitrogens with one attached hydrogen (secondary N) is 1. The minimum atomic E-state index is -0.547. The summed E-state index contributed by atoms with van der Waals surface area (Å²) in [6.07, 6.45) is 2.78. The topological polar surface area (TPSA) is 89.7 Å². The van der Waals surface area contributed by atoms with E-state index in [9.17, 15) is 4.39 Å². The van der Waals surface area contributed by atoms with Gasteiger partial charge in [0.25, 0.3) is 0 Å². The largest absolute Gasteiger partial charge is 0.434 e. The molecule has 96 valence electrons. The number of halogens is 1. The molecule has 7 heteroatoms. The van der Waals surface area contributed by atoms with Gasteiger partial charge in [-0.15, -0.1) is 0 Å². The number of rotatable bonds is 2. The maximum Gasteiger partial charge on any atom is 0.248 e. The van der Waals surface area contributed by atoms with Gasteiger partial charge in [0, 0.05) is 11.8 Å². The molecular weight excluding hydrogens is 249 g/mol. The van der Waals surface area contributed by atoms with Crippen LogP contribution in [0.2, 0.25) is 0 Å². The highest BCUT2D eigenvalue weighted by molar-refractivity contribution is 5.75. The van der Waals surface area contributed by atoms with Crippen molar-refractivity contribution >= 4 is 16.9 Å². The van der Waals surface area contributed by atoms with Crippen LogP contribution in [0.1, 0.15) is 5.56 Å². The van der Waals surface area contributed by atoms with Crippen molar-refractivity contribution < 1.29 is 9.13 Å². The molecule has 3 rings (SSSR count). The number of fused-ring (bicyclic) bond motifs is 1. The van der Waals surface area contributed by atoms with Crippen molar-refractivity contribution in [1.82, 2.24) is 19.9 Å². The van der Waals surface area contributed by atoms with Crippen LogP contribution < -0.4 is 10.5 Å². The first-order valence-corrected chi connectivity index (χ1v) is 5.52. The minimum absolute atomic E-state index is 0.0568. The Hall–Kier alpha value is -2.70. The second-order valence-corrected chi connectivity index (χ2v) is 4.02. The van der Waals surface area contributed by atoms with Gasteiger partial charge < -0.3 is 15.5 Å². The lowest BCUT2D eigenvalue weighted by Crippen LogP contribution is -1.97. The van der Waals surface area contributed by atoms with Gasteiger partial charge in [-0.2, -0.15) is 4.98 Å². The normalized spacial score (nSPS) is 10.8. The molecule has 0 saturated carbocycles. The first-order chi connectivity index (χ1) is 9.15. The van der Waals surface area contributed by atoms with Crippen LogP contribution in [0, 0.1) is 12.7 Å². The van der Waals surface area contributed by atoms with Gasteiger partial charge in [0.05, 0.1) is 6.33 Å². The zero-order chi connectivity index (χ0) is 13.4. The van der Waals surface area contributed by atoms with Crippen LogP contribution in [-0.2, 0) is 0 Å². The molecule has 2 aromatic heterocycles. The van der Waals surface area contributed by atoms with Gasteiger partial charge in [-0.25, -0.2) is 14.4 Å². The van der Waals surface area contributed by atoms with Crippen molar-refractivity contribution in [3.05, 3.63) is 36.2 Å². The molecule has 0 fully saturated rings. The molecule has 1 aromatic carbocycles. The summed E-state index contributed by atoms with van der Waals surface area (Å²) in [5.41, 5.74) is 7.69. The number of hydrogen-bond donors (Lipinski definition) is 2. The second kappa shape index (κ2) is 4.20. The number of nitrogen functional groups attached to an aromatic ring is 1. The zero-order valence-corrected chi connectivity index (χ0v) is 10.0. The first-order valence-electron chi connectivity index (χ1n) is 5.52. The van der Waals surface area contributed by atoms with Crippen LogP contribution in [0.4, 0.5) is 10.1 Å². The van der Waals surface area contributed by atoms with Gasteiger partial charge in [-0.05, 0) is 18.6 Å². The Morgan fingerprint density at radius 3 is 2.95 bits per heavy atom. The van der Waals surface area contributed by atoms with Gasteiger partial charge in [-0.1, -0.05) is 0 Å². The van der Waals surface area contributed by atoms with E-state index >= 15 is 0 Å². The lowest BCUT2D eigenvalue weighted by Gasteiger charge is -2.08. The number of nitrogens with zero attached hydrogens (tertiary/aromatic N) is 3. The van der Waals surface area contributed by atoms with Crippen molar-refractivity contribution in [1.29, 1.82) is 0 Å². The summed E-state index contributed by atoms with van der Waals surface area (Å²) < 4.78 is 19.2. The summed E-state index contributed by atoms with van der Waals surface area (Å²) in [7, 11) is 0. The summed E-state index contributed by atoms with van der Waals surface area (Å²) in [4.78, 5) is 14.7. The Morgan fingerprint density at radius 1 is 1.26 bits per heavy atom. The average Bonchev–Trinajstić information content (AvgIpc) is 2.85. The van der Waals surface area contributed by atoms with Crippen molar-refractivity contribution in [2.24, 2.45) is 0 Å². The summed E-state index contributed by atoms with van der Waals surface area (Å²) in [6, 6.07) is 2.74. The van der Waals surface area contributed by atoms with Crippen molar-refractivity contribution in [3.63, 3.8) is 0 Å². The monoisotopic (exact) mass is 259 g/mol. The van der Waals surface area contributed by atoms with E-state index in [2.05, 4.69) is 19.9 Å².